The van der Waals surface area contributed by atoms with Crippen LogP contribution in [0, 0.1) is 0 Å². The molecule has 4 nitrogen and oxygen atoms in total. The van der Waals surface area contributed by atoms with Gasteiger partial charge in [0.1, 0.15) is 0 Å². The first-order chi connectivity index (χ1) is 11.7. The summed E-state index contributed by atoms with van der Waals surface area (Å²) in [6, 6.07) is 19.0. The normalized spacial score (nSPS) is 11.8. The summed E-state index contributed by atoms with van der Waals surface area (Å²) >= 11 is 0. The molecule has 0 unspecified atom stereocenters. The second-order valence-corrected chi connectivity index (χ2v) is 6.38. The van der Waals surface area contributed by atoms with Crippen molar-refractivity contribution in [2.75, 3.05) is 14.1 Å². The molecule has 0 atom stereocenters. The molecule has 2 heterocycles. The molecule has 4 aromatic rings. The summed E-state index contributed by atoms with van der Waals surface area (Å²) in [4.78, 5) is 7.25. The number of aromatic nitrogens is 3. The second-order valence-electron chi connectivity index (χ2n) is 6.38. The number of hydrogen-bond donors (Lipinski definition) is 0. The zero-order chi connectivity index (χ0) is 16.7. The van der Waals surface area contributed by atoms with Crippen LogP contribution in [-0.2, 0) is 13.1 Å². The van der Waals surface area contributed by atoms with Crippen LogP contribution in [0.4, 0.5) is 0 Å². The zero-order valence-electron chi connectivity index (χ0n) is 14.4. The monoisotopic (exact) mass is 318 g/mol. The molecule has 2 aromatic heterocycles. The maximum Gasteiger partial charge on any atom is 0.215 e. The molecule has 0 saturated heterocycles. The van der Waals surface area contributed by atoms with Gasteiger partial charge < -0.3 is 9.47 Å². The van der Waals surface area contributed by atoms with Gasteiger partial charge in [0.25, 0.3) is 0 Å². The molecule has 24 heavy (non-hydrogen) atoms. The Bertz CT molecular complexity index is 993. The number of imidazole rings is 2. The minimum atomic E-state index is 0.850. The summed E-state index contributed by atoms with van der Waals surface area (Å²) in [5.74, 6) is 1.02. The first-order valence-corrected chi connectivity index (χ1v) is 8.39. The van der Waals surface area contributed by atoms with Crippen LogP contribution in [-0.4, -0.2) is 32.9 Å². The van der Waals surface area contributed by atoms with E-state index >= 15 is 0 Å². The molecule has 0 saturated carbocycles. The fourth-order valence-electron chi connectivity index (χ4n) is 3.45. The Kier molecular flexibility index (Phi) is 3.62. The van der Waals surface area contributed by atoms with Crippen molar-refractivity contribution in [1.29, 1.82) is 0 Å². The minimum absolute atomic E-state index is 0.850. The van der Waals surface area contributed by atoms with Crippen LogP contribution in [0.1, 0.15) is 12.6 Å². The van der Waals surface area contributed by atoms with E-state index in [0.717, 1.165) is 24.6 Å². The maximum absolute atomic E-state index is 5.04. The van der Waals surface area contributed by atoms with Gasteiger partial charge >= 0.3 is 0 Å². The molecule has 122 valence electrons. The van der Waals surface area contributed by atoms with E-state index in [0.29, 0.717) is 0 Å². The van der Waals surface area contributed by atoms with E-state index in [1.165, 1.54) is 22.3 Å². The third-order valence-corrected chi connectivity index (χ3v) is 4.44. The molecule has 2 aromatic carbocycles. The molecule has 0 aliphatic carbocycles. The van der Waals surface area contributed by atoms with Gasteiger partial charge in [-0.15, -0.1) is 0 Å². The van der Waals surface area contributed by atoms with Crippen molar-refractivity contribution in [3.8, 4) is 11.3 Å². The molecule has 0 aliphatic rings. The minimum Gasteiger partial charge on any atom is -0.310 e. The lowest BCUT2D eigenvalue weighted by Gasteiger charge is -2.11. The molecular weight excluding hydrogens is 296 g/mol. The van der Waals surface area contributed by atoms with Crippen molar-refractivity contribution >= 4 is 16.8 Å². The average Bonchev–Trinajstić information content (AvgIpc) is 3.10. The number of hydrogen-bond acceptors (Lipinski definition) is 2. The van der Waals surface area contributed by atoms with Gasteiger partial charge in [0.2, 0.25) is 5.78 Å². The molecule has 0 N–H and O–H groups in total. The summed E-state index contributed by atoms with van der Waals surface area (Å²) in [6.07, 6.45) is 0. The first-order valence-electron chi connectivity index (χ1n) is 8.39. The molecule has 0 fully saturated rings. The third kappa shape index (κ3) is 2.22. The van der Waals surface area contributed by atoms with Gasteiger partial charge in [-0.1, -0.05) is 42.5 Å². The molecule has 0 amide bonds. The molecule has 0 radical (unpaired) electrons. The van der Waals surface area contributed by atoms with Crippen molar-refractivity contribution < 1.29 is 0 Å². The first kappa shape index (κ1) is 15.0. The second kappa shape index (κ2) is 5.80. The summed E-state index contributed by atoms with van der Waals surface area (Å²) in [5.41, 5.74) is 5.95. The van der Waals surface area contributed by atoms with Gasteiger partial charge in [0, 0.05) is 18.7 Å². The van der Waals surface area contributed by atoms with E-state index < -0.39 is 0 Å². The van der Waals surface area contributed by atoms with Crippen molar-refractivity contribution in [2.45, 2.75) is 20.0 Å². The van der Waals surface area contributed by atoms with Gasteiger partial charge in [-0.2, -0.15) is 0 Å². The Morgan fingerprint density at radius 3 is 2.25 bits per heavy atom. The molecule has 0 spiro atoms. The number of benzene rings is 2. The lowest BCUT2D eigenvalue weighted by atomic mass is 10.1. The summed E-state index contributed by atoms with van der Waals surface area (Å²) in [7, 11) is 4.21. The highest BCUT2D eigenvalue weighted by Crippen LogP contribution is 2.30. The van der Waals surface area contributed by atoms with Crippen LogP contribution < -0.4 is 0 Å². The van der Waals surface area contributed by atoms with Gasteiger partial charge in [-0.3, -0.25) is 4.40 Å². The molecular formula is C20H22N4. The van der Waals surface area contributed by atoms with Crippen LogP contribution in [0.2, 0.25) is 0 Å². The van der Waals surface area contributed by atoms with E-state index in [-0.39, 0.29) is 0 Å². The Balaban J connectivity index is 2.10. The average molecular weight is 318 g/mol. The highest BCUT2D eigenvalue weighted by molar-refractivity contribution is 5.83. The molecule has 0 aliphatic heterocycles. The summed E-state index contributed by atoms with van der Waals surface area (Å²) < 4.78 is 4.61. The topological polar surface area (TPSA) is 25.5 Å². The van der Waals surface area contributed by atoms with Crippen molar-refractivity contribution in [3.05, 3.63) is 60.3 Å². The Morgan fingerprint density at radius 2 is 1.58 bits per heavy atom. The van der Waals surface area contributed by atoms with E-state index in [1.807, 2.05) is 6.07 Å². The van der Waals surface area contributed by atoms with Gasteiger partial charge in [-0.05, 0) is 33.2 Å². The number of aryl methyl sites for hydroxylation is 1. The highest BCUT2D eigenvalue weighted by Gasteiger charge is 2.20. The van der Waals surface area contributed by atoms with E-state index in [9.17, 15) is 0 Å². The predicted octanol–water partition coefficient (Wildman–Crippen LogP) is 4.04. The fraction of sp³-hybridized carbons (Fsp3) is 0.250. The van der Waals surface area contributed by atoms with Crippen LogP contribution in [0.3, 0.4) is 0 Å². The number of para-hydroxylation sites is 2. The lowest BCUT2D eigenvalue weighted by Crippen LogP contribution is -2.13. The zero-order valence-corrected chi connectivity index (χ0v) is 14.4. The van der Waals surface area contributed by atoms with Gasteiger partial charge in [0.15, 0.2) is 0 Å². The molecule has 0 bridgehead atoms. The summed E-state index contributed by atoms with van der Waals surface area (Å²) in [5, 5.41) is 0. The lowest BCUT2D eigenvalue weighted by molar-refractivity contribution is 0.397. The maximum atomic E-state index is 5.04. The van der Waals surface area contributed by atoms with Crippen LogP contribution in [0.15, 0.2) is 54.6 Å². The smallest absolute Gasteiger partial charge is 0.215 e. The molecule has 4 rings (SSSR count). The SMILES string of the molecule is CCn1c2ccccc2n2c(CN(C)C)c(-c3ccccc3)nc12. The Labute approximate surface area is 142 Å². The molecule has 4 heteroatoms. The number of fused-ring (bicyclic) bond motifs is 3. The largest absolute Gasteiger partial charge is 0.310 e. The Hall–Kier alpha value is -2.59. The predicted molar refractivity (Wildman–Crippen MR) is 99.2 cm³/mol. The number of rotatable bonds is 4. The quantitative estimate of drug-likeness (QED) is 0.567. The van der Waals surface area contributed by atoms with E-state index in [1.54, 1.807) is 0 Å². The summed E-state index contributed by atoms with van der Waals surface area (Å²) in [6.45, 7) is 3.93. The van der Waals surface area contributed by atoms with E-state index in [2.05, 4.69) is 83.4 Å². The number of nitrogens with zero attached hydrogens (tertiary/aromatic N) is 4. The van der Waals surface area contributed by atoms with Gasteiger partial charge in [-0.25, -0.2) is 4.98 Å². The van der Waals surface area contributed by atoms with Crippen molar-refractivity contribution in [1.82, 2.24) is 18.9 Å². The highest BCUT2D eigenvalue weighted by atomic mass is 15.2. The third-order valence-electron chi connectivity index (χ3n) is 4.44. The van der Waals surface area contributed by atoms with E-state index in [4.69, 9.17) is 4.98 Å². The Morgan fingerprint density at radius 1 is 0.917 bits per heavy atom. The van der Waals surface area contributed by atoms with Gasteiger partial charge in [0.05, 0.1) is 22.4 Å². The van der Waals surface area contributed by atoms with Crippen LogP contribution in [0.5, 0.6) is 0 Å². The standard InChI is InChI=1S/C20H22N4/c1-4-23-16-12-8-9-13-17(16)24-18(14-22(2)3)19(21-20(23)24)15-10-6-5-7-11-15/h5-13H,4,14H2,1-3H3. The van der Waals surface area contributed by atoms with Crippen LogP contribution in [0.25, 0.3) is 28.1 Å². The van der Waals surface area contributed by atoms with Crippen molar-refractivity contribution in [2.24, 2.45) is 0 Å². The fourth-order valence-corrected chi connectivity index (χ4v) is 3.45. The van der Waals surface area contributed by atoms with Crippen molar-refractivity contribution in [3.63, 3.8) is 0 Å². The van der Waals surface area contributed by atoms with Crippen LogP contribution >= 0.6 is 0 Å².